The molecule has 0 aromatic heterocycles. The van der Waals surface area contributed by atoms with E-state index in [-0.39, 0.29) is 6.10 Å². The van der Waals surface area contributed by atoms with Crippen molar-refractivity contribution < 1.29 is 10.2 Å². The van der Waals surface area contributed by atoms with Gasteiger partial charge < -0.3 is 26.6 Å². The third-order valence-electron chi connectivity index (χ3n) is 3.26. The van der Waals surface area contributed by atoms with Gasteiger partial charge in [-0.05, 0) is 63.6 Å². The van der Waals surface area contributed by atoms with E-state index in [1.807, 2.05) is 12.1 Å². The molecule has 0 saturated heterocycles. The Morgan fingerprint density at radius 3 is 2.05 bits per heavy atom. The molecule has 5 nitrogen and oxygen atoms in total. The van der Waals surface area contributed by atoms with Gasteiger partial charge in [-0.15, -0.1) is 0 Å². The van der Waals surface area contributed by atoms with Crippen molar-refractivity contribution in [2.45, 2.75) is 32.3 Å². The van der Waals surface area contributed by atoms with Crippen molar-refractivity contribution in [3.05, 3.63) is 29.8 Å². The van der Waals surface area contributed by atoms with Crippen LogP contribution < -0.4 is 11.5 Å². The molecule has 5 heteroatoms. The summed E-state index contributed by atoms with van der Waals surface area (Å²) in [6.45, 7) is 5.39. The standard InChI is InChI=1S/C11H17NO.C5H14N2O/c1-3-12(2)9-8-10-4-6-11(13)7-5-10;6-3-1-5(8)2-4-7/h4-7,13H,3,8-9H2,1-2H3;5,8H,1-4,6-7H2. The van der Waals surface area contributed by atoms with Crippen molar-refractivity contribution in [2.24, 2.45) is 11.5 Å². The molecule has 0 radical (unpaired) electrons. The van der Waals surface area contributed by atoms with Gasteiger partial charge >= 0.3 is 0 Å². The minimum atomic E-state index is -0.287. The molecule has 0 amide bonds. The third-order valence-corrected chi connectivity index (χ3v) is 3.26. The zero-order chi connectivity index (χ0) is 16.1. The van der Waals surface area contributed by atoms with Gasteiger partial charge in [0.2, 0.25) is 0 Å². The number of hydrogen-bond acceptors (Lipinski definition) is 5. The summed E-state index contributed by atoms with van der Waals surface area (Å²) >= 11 is 0. The van der Waals surface area contributed by atoms with Crippen molar-refractivity contribution in [1.29, 1.82) is 0 Å². The van der Waals surface area contributed by atoms with Gasteiger partial charge in [0.25, 0.3) is 0 Å². The third kappa shape index (κ3) is 11.2. The van der Waals surface area contributed by atoms with E-state index in [1.54, 1.807) is 12.1 Å². The summed E-state index contributed by atoms with van der Waals surface area (Å²) in [6.07, 6.45) is 2.09. The van der Waals surface area contributed by atoms with Crippen LogP contribution in [0.15, 0.2) is 24.3 Å². The summed E-state index contributed by atoms with van der Waals surface area (Å²) in [5, 5.41) is 18.0. The van der Waals surface area contributed by atoms with Crippen molar-refractivity contribution in [2.75, 3.05) is 33.2 Å². The number of aliphatic hydroxyl groups is 1. The van der Waals surface area contributed by atoms with Crippen LogP contribution in [0, 0.1) is 0 Å². The Kier molecular flexibility index (Phi) is 11.9. The molecule has 21 heavy (non-hydrogen) atoms. The van der Waals surface area contributed by atoms with E-state index in [4.69, 9.17) is 21.7 Å². The molecule has 0 aliphatic heterocycles. The number of phenolic OH excluding ortho intramolecular Hbond substituents is 1. The number of nitrogens with two attached hydrogens (primary N) is 2. The van der Waals surface area contributed by atoms with Gasteiger partial charge in [-0.25, -0.2) is 0 Å². The lowest BCUT2D eigenvalue weighted by molar-refractivity contribution is 0.160. The fraction of sp³-hybridized carbons (Fsp3) is 0.625. The second-order valence-electron chi connectivity index (χ2n) is 5.12. The molecule has 6 N–H and O–H groups in total. The first kappa shape index (κ1) is 19.9. The fourth-order valence-electron chi connectivity index (χ4n) is 1.67. The quantitative estimate of drug-likeness (QED) is 0.572. The highest BCUT2D eigenvalue weighted by molar-refractivity contribution is 5.25. The summed E-state index contributed by atoms with van der Waals surface area (Å²) in [6, 6.07) is 7.42. The van der Waals surface area contributed by atoms with Crippen LogP contribution in [0.5, 0.6) is 5.75 Å². The van der Waals surface area contributed by atoms with E-state index in [0.29, 0.717) is 31.7 Å². The van der Waals surface area contributed by atoms with Crippen LogP contribution in [0.1, 0.15) is 25.3 Å². The molecule has 122 valence electrons. The van der Waals surface area contributed by atoms with E-state index >= 15 is 0 Å². The number of aliphatic hydroxyl groups excluding tert-OH is 1. The van der Waals surface area contributed by atoms with Gasteiger partial charge in [-0.3, -0.25) is 0 Å². The average molecular weight is 297 g/mol. The van der Waals surface area contributed by atoms with E-state index < -0.39 is 0 Å². The smallest absolute Gasteiger partial charge is 0.115 e. The first-order chi connectivity index (χ1) is 10.0. The molecule has 0 aliphatic carbocycles. The first-order valence-electron chi connectivity index (χ1n) is 7.58. The molecule has 0 fully saturated rings. The van der Waals surface area contributed by atoms with Crippen molar-refractivity contribution >= 4 is 0 Å². The molecule has 0 atom stereocenters. The maximum Gasteiger partial charge on any atom is 0.115 e. The minimum Gasteiger partial charge on any atom is -0.508 e. The summed E-state index contributed by atoms with van der Waals surface area (Å²) in [7, 11) is 2.11. The predicted molar refractivity (Wildman–Crippen MR) is 88.3 cm³/mol. The van der Waals surface area contributed by atoms with Crippen LogP contribution in [0.2, 0.25) is 0 Å². The molecular weight excluding hydrogens is 266 g/mol. The minimum absolute atomic E-state index is 0.287. The van der Waals surface area contributed by atoms with Gasteiger partial charge in [0.05, 0.1) is 6.10 Å². The highest BCUT2D eigenvalue weighted by atomic mass is 16.3. The number of rotatable bonds is 8. The van der Waals surface area contributed by atoms with Crippen molar-refractivity contribution in [1.82, 2.24) is 4.90 Å². The highest BCUT2D eigenvalue weighted by Crippen LogP contribution is 2.10. The molecule has 0 bridgehead atoms. The molecule has 0 heterocycles. The molecule has 0 unspecified atom stereocenters. The second-order valence-corrected chi connectivity index (χ2v) is 5.12. The van der Waals surface area contributed by atoms with Crippen LogP contribution in [0.3, 0.4) is 0 Å². The number of likely N-dealkylation sites (N-methyl/N-ethyl adjacent to an activating group) is 1. The summed E-state index contributed by atoms with van der Waals surface area (Å²) in [5.74, 6) is 0.340. The van der Waals surface area contributed by atoms with E-state index in [1.165, 1.54) is 5.56 Å². The van der Waals surface area contributed by atoms with E-state index in [9.17, 15) is 0 Å². The maximum atomic E-state index is 9.07. The van der Waals surface area contributed by atoms with Gasteiger partial charge in [0.15, 0.2) is 0 Å². The van der Waals surface area contributed by atoms with E-state index in [0.717, 1.165) is 19.5 Å². The normalized spacial score (nSPS) is 10.6. The summed E-state index contributed by atoms with van der Waals surface area (Å²) < 4.78 is 0. The Morgan fingerprint density at radius 1 is 1.10 bits per heavy atom. The van der Waals surface area contributed by atoms with Crippen LogP contribution in [-0.4, -0.2) is 54.4 Å². The number of hydrogen-bond donors (Lipinski definition) is 4. The zero-order valence-corrected chi connectivity index (χ0v) is 13.3. The van der Waals surface area contributed by atoms with Gasteiger partial charge in [0.1, 0.15) is 5.75 Å². The molecule has 1 aromatic rings. The van der Waals surface area contributed by atoms with E-state index in [2.05, 4.69) is 18.9 Å². The Bertz CT molecular complexity index is 338. The number of benzene rings is 1. The first-order valence-corrected chi connectivity index (χ1v) is 7.58. The Morgan fingerprint density at radius 2 is 1.62 bits per heavy atom. The largest absolute Gasteiger partial charge is 0.508 e. The topological polar surface area (TPSA) is 95.7 Å². The van der Waals surface area contributed by atoms with Crippen LogP contribution in [-0.2, 0) is 6.42 Å². The second kappa shape index (κ2) is 12.6. The predicted octanol–water partition coefficient (Wildman–Crippen LogP) is 0.931. The van der Waals surface area contributed by atoms with Crippen molar-refractivity contribution in [3.8, 4) is 5.75 Å². The number of nitrogens with zero attached hydrogens (tertiary/aromatic N) is 1. The lowest BCUT2D eigenvalue weighted by atomic mass is 10.1. The molecule has 0 spiro atoms. The monoisotopic (exact) mass is 297 g/mol. The molecule has 1 aromatic carbocycles. The Balaban J connectivity index is 0.000000433. The Labute approximate surface area is 128 Å². The lowest BCUT2D eigenvalue weighted by Gasteiger charge is -2.13. The van der Waals surface area contributed by atoms with Gasteiger partial charge in [0, 0.05) is 6.54 Å². The summed E-state index contributed by atoms with van der Waals surface area (Å²) in [4.78, 5) is 2.27. The molecule has 0 saturated carbocycles. The molecule has 0 aliphatic rings. The van der Waals surface area contributed by atoms with Gasteiger partial charge in [-0.2, -0.15) is 0 Å². The fourth-order valence-corrected chi connectivity index (χ4v) is 1.67. The highest BCUT2D eigenvalue weighted by Gasteiger charge is 1.98. The number of aromatic hydroxyl groups is 1. The Hall–Kier alpha value is -1.14. The SMILES string of the molecule is CCN(C)CCc1ccc(O)cc1.NCCC(O)CCN. The van der Waals surface area contributed by atoms with Gasteiger partial charge in [-0.1, -0.05) is 19.1 Å². The van der Waals surface area contributed by atoms with Crippen molar-refractivity contribution in [3.63, 3.8) is 0 Å². The van der Waals surface area contributed by atoms with Crippen LogP contribution in [0.25, 0.3) is 0 Å². The van der Waals surface area contributed by atoms with Crippen LogP contribution in [0.4, 0.5) is 0 Å². The van der Waals surface area contributed by atoms with Crippen LogP contribution >= 0.6 is 0 Å². The lowest BCUT2D eigenvalue weighted by Crippen LogP contribution is -2.20. The number of phenols is 1. The summed E-state index contributed by atoms with van der Waals surface area (Å²) in [5.41, 5.74) is 11.6. The zero-order valence-electron chi connectivity index (χ0n) is 13.3. The molecular formula is C16H31N3O2. The molecule has 1 rings (SSSR count). The average Bonchev–Trinajstić information content (AvgIpc) is 2.47. The maximum absolute atomic E-state index is 9.07.